The first-order chi connectivity index (χ1) is 10.0. The third kappa shape index (κ3) is 36.1. The summed E-state index contributed by atoms with van der Waals surface area (Å²) in [6.07, 6.45) is 0.722. The van der Waals surface area contributed by atoms with Crippen molar-refractivity contribution in [2.45, 2.75) is 13.8 Å². The van der Waals surface area contributed by atoms with Crippen molar-refractivity contribution in [2.24, 2.45) is 5.73 Å². The minimum Gasteiger partial charge on any atom is -0.464 e. The predicted molar refractivity (Wildman–Crippen MR) is 82.5 cm³/mol. The summed E-state index contributed by atoms with van der Waals surface area (Å²) in [5, 5.41) is 18.5. The van der Waals surface area contributed by atoms with Crippen LogP contribution in [0.1, 0.15) is 13.8 Å². The van der Waals surface area contributed by atoms with E-state index in [1.807, 2.05) is 0 Å². The molecule has 0 radical (unpaired) electrons. The van der Waals surface area contributed by atoms with E-state index in [-0.39, 0.29) is 46.2 Å². The molecule has 0 atom stereocenters. The molecule has 5 N–H and O–H groups in total. The molecular weight excluding hydrogens is 292 g/mol. The number of amides is 1. The molecule has 0 bridgehead atoms. The van der Waals surface area contributed by atoms with Crippen molar-refractivity contribution >= 4 is 11.9 Å². The second-order valence-corrected chi connectivity index (χ2v) is 3.15. The molecule has 22 heavy (non-hydrogen) atoms. The van der Waals surface area contributed by atoms with Crippen LogP contribution >= 0.6 is 0 Å². The number of hydrogen-bond donors (Lipinski definition) is 4. The first kappa shape index (κ1) is 28.0. The number of methoxy groups -OCH3 is 1. The summed E-state index contributed by atoms with van der Waals surface area (Å²) in [6.45, 7) is 13.1. The normalized spacial score (nSPS) is 7.36. The largest absolute Gasteiger partial charge is 0.464 e. The summed E-state index contributed by atoms with van der Waals surface area (Å²) in [5.74, 6) is -0.811. The lowest BCUT2D eigenvalue weighted by Gasteiger charge is -1.94. The van der Waals surface area contributed by atoms with Crippen molar-refractivity contribution in [1.82, 2.24) is 5.32 Å². The number of nitrogens with one attached hydrogen (secondary N) is 1. The molecule has 128 valence electrons. The summed E-state index contributed by atoms with van der Waals surface area (Å²) in [7, 11) is 1.26. The number of carbonyl (C=O) groups excluding carboxylic acids is 2. The Bertz CT molecular complexity index is 334. The molecule has 0 aromatic heterocycles. The number of nitrogens with zero attached hydrogens (tertiary/aromatic N) is 2. The first-order valence-corrected chi connectivity index (χ1v) is 5.95. The number of rotatable bonds is 6. The first-order valence-electron chi connectivity index (χ1n) is 5.95. The van der Waals surface area contributed by atoms with E-state index in [4.69, 9.17) is 29.1 Å². The van der Waals surface area contributed by atoms with Gasteiger partial charge in [-0.15, -0.1) is 0 Å². The van der Waals surface area contributed by atoms with Crippen LogP contribution in [0, 0.1) is 13.1 Å². The van der Waals surface area contributed by atoms with E-state index in [0.717, 1.165) is 6.42 Å². The van der Waals surface area contributed by atoms with E-state index in [1.54, 1.807) is 0 Å². The lowest BCUT2D eigenvalue weighted by molar-refractivity contribution is -0.138. The SMILES string of the molecule is C.NCCCO.[C-]#[N+]CC(=O)NCCO.[C-]#[N+]CC(=O)OC. The van der Waals surface area contributed by atoms with Crippen molar-refractivity contribution in [3.63, 3.8) is 0 Å². The summed E-state index contributed by atoms with van der Waals surface area (Å²) >= 11 is 0. The van der Waals surface area contributed by atoms with Gasteiger partial charge in [0.05, 0.1) is 13.7 Å². The Balaban J connectivity index is -0.000000113. The lowest BCUT2D eigenvalue weighted by Crippen LogP contribution is -2.27. The standard InChI is InChI=1S/C5H8N2O2.C4H5NO2.C3H9NO.CH4/c1-6-4-5(9)7-2-3-8;1-5-3-4(6)7-2;4-2-1-3-5;/h8H,2-4H2,(H,7,9);3H2,2H3;5H,1-4H2;1H4. The topological polar surface area (TPSA) is 131 Å². The Morgan fingerprint density at radius 3 is 1.95 bits per heavy atom. The maximum atomic E-state index is 10.4. The van der Waals surface area contributed by atoms with Crippen molar-refractivity contribution in [3.8, 4) is 0 Å². The number of nitrogens with two attached hydrogens (primary N) is 1. The Hall–Kier alpha value is -2.20. The fourth-order valence-electron chi connectivity index (χ4n) is 0.543. The number of hydrogen-bond acceptors (Lipinski definition) is 6. The molecule has 0 rings (SSSR count). The number of aliphatic hydroxyl groups is 2. The maximum absolute atomic E-state index is 10.4. The smallest absolute Gasteiger partial charge is 0.386 e. The molecule has 0 aliphatic carbocycles. The van der Waals surface area contributed by atoms with Crippen molar-refractivity contribution in [3.05, 3.63) is 22.8 Å². The molecule has 0 saturated heterocycles. The fourth-order valence-corrected chi connectivity index (χ4v) is 0.543. The van der Waals surface area contributed by atoms with Gasteiger partial charge in [-0.2, -0.15) is 0 Å². The van der Waals surface area contributed by atoms with E-state index in [1.165, 1.54) is 7.11 Å². The summed E-state index contributed by atoms with van der Waals surface area (Å²) in [6, 6.07) is 0. The summed E-state index contributed by atoms with van der Waals surface area (Å²) < 4.78 is 4.14. The van der Waals surface area contributed by atoms with Crippen molar-refractivity contribution < 1.29 is 24.5 Å². The fraction of sp³-hybridized carbons (Fsp3) is 0.692. The van der Waals surface area contributed by atoms with E-state index < -0.39 is 5.97 Å². The van der Waals surface area contributed by atoms with E-state index in [9.17, 15) is 9.59 Å². The van der Waals surface area contributed by atoms with Crippen LogP contribution in [-0.2, 0) is 14.3 Å². The van der Waals surface area contributed by atoms with E-state index in [2.05, 4.69) is 19.7 Å². The molecular formula is C13H26N4O5. The molecule has 0 aromatic rings. The Morgan fingerprint density at radius 1 is 1.18 bits per heavy atom. The van der Waals surface area contributed by atoms with Gasteiger partial charge in [-0.3, -0.25) is 4.79 Å². The van der Waals surface area contributed by atoms with E-state index in [0.29, 0.717) is 6.54 Å². The monoisotopic (exact) mass is 318 g/mol. The van der Waals surface area contributed by atoms with Gasteiger partial charge in [-0.25, -0.2) is 17.9 Å². The third-order valence-corrected chi connectivity index (χ3v) is 1.45. The van der Waals surface area contributed by atoms with E-state index >= 15 is 0 Å². The maximum Gasteiger partial charge on any atom is 0.386 e. The highest BCUT2D eigenvalue weighted by molar-refractivity contribution is 5.79. The summed E-state index contributed by atoms with van der Waals surface area (Å²) in [5.41, 5.74) is 4.98. The van der Waals surface area contributed by atoms with Crippen LogP contribution in [0.25, 0.3) is 9.69 Å². The predicted octanol–water partition coefficient (Wildman–Crippen LogP) is -0.944. The van der Waals surface area contributed by atoms with Gasteiger partial charge >= 0.3 is 12.5 Å². The van der Waals surface area contributed by atoms with Gasteiger partial charge in [-0.05, 0) is 13.0 Å². The van der Waals surface area contributed by atoms with Crippen LogP contribution in [0.5, 0.6) is 0 Å². The minimum absolute atomic E-state index is 0. The van der Waals surface area contributed by atoms with Crippen LogP contribution in [0.4, 0.5) is 0 Å². The van der Waals surface area contributed by atoms with Crippen LogP contribution in [0.15, 0.2) is 0 Å². The lowest BCUT2D eigenvalue weighted by atomic mass is 10.5. The molecule has 0 spiro atoms. The van der Waals surface area contributed by atoms with Gasteiger partial charge in [0.2, 0.25) is 0 Å². The molecule has 9 nitrogen and oxygen atoms in total. The number of esters is 1. The molecule has 0 unspecified atom stereocenters. The third-order valence-electron chi connectivity index (χ3n) is 1.45. The quantitative estimate of drug-likeness (QED) is 0.369. The zero-order chi connectivity index (χ0) is 16.9. The Kier molecular flexibility index (Phi) is 34.7. The van der Waals surface area contributed by atoms with Gasteiger partial charge in [0.15, 0.2) is 0 Å². The van der Waals surface area contributed by atoms with Gasteiger partial charge in [0.1, 0.15) is 0 Å². The second-order valence-electron chi connectivity index (χ2n) is 3.15. The van der Waals surface area contributed by atoms with Crippen molar-refractivity contribution in [1.29, 1.82) is 0 Å². The van der Waals surface area contributed by atoms with Crippen LogP contribution < -0.4 is 11.1 Å². The molecule has 0 aliphatic rings. The highest BCUT2D eigenvalue weighted by atomic mass is 16.5. The molecule has 0 saturated carbocycles. The number of aliphatic hydroxyl groups excluding tert-OH is 2. The Labute approximate surface area is 131 Å². The van der Waals surface area contributed by atoms with Crippen LogP contribution in [0.3, 0.4) is 0 Å². The molecule has 0 aromatic carbocycles. The minimum atomic E-state index is -0.477. The van der Waals surface area contributed by atoms with Gasteiger partial charge in [-0.1, -0.05) is 7.43 Å². The number of carbonyl (C=O) groups is 2. The number of ether oxygens (including phenoxy) is 1. The zero-order valence-corrected chi connectivity index (χ0v) is 12.0. The molecule has 0 aliphatic heterocycles. The van der Waals surface area contributed by atoms with Gasteiger partial charge in [0, 0.05) is 13.2 Å². The zero-order valence-electron chi connectivity index (χ0n) is 12.0. The highest BCUT2D eigenvalue weighted by Gasteiger charge is 1.99. The molecule has 9 heteroatoms. The average Bonchev–Trinajstić information content (AvgIpc) is 2.48. The Morgan fingerprint density at radius 2 is 1.73 bits per heavy atom. The highest BCUT2D eigenvalue weighted by Crippen LogP contribution is 1.71. The van der Waals surface area contributed by atoms with Crippen LogP contribution in [0.2, 0.25) is 0 Å². The second kappa shape index (κ2) is 27.2. The van der Waals surface area contributed by atoms with Crippen molar-refractivity contribution in [2.75, 3.05) is 46.5 Å². The van der Waals surface area contributed by atoms with Gasteiger partial charge < -0.3 is 35.7 Å². The van der Waals surface area contributed by atoms with Gasteiger partial charge in [0.25, 0.3) is 12.5 Å². The average molecular weight is 318 g/mol. The molecule has 0 fully saturated rings. The van der Waals surface area contributed by atoms with Crippen LogP contribution in [-0.4, -0.2) is 68.6 Å². The summed E-state index contributed by atoms with van der Waals surface area (Å²) in [4.78, 5) is 26.0. The molecule has 0 heterocycles. The molecule has 1 amide bonds.